The summed E-state index contributed by atoms with van der Waals surface area (Å²) in [6.07, 6.45) is 0. The molecule has 0 radical (unpaired) electrons. The fourth-order valence-corrected chi connectivity index (χ4v) is 4.34. The third-order valence-electron chi connectivity index (χ3n) is 4.35. The van der Waals surface area contributed by atoms with E-state index in [4.69, 9.17) is 16.3 Å². The topological polar surface area (TPSA) is 82.3 Å². The molecule has 0 atom stereocenters. The molecule has 2 aromatic carbocycles. The quantitative estimate of drug-likeness (QED) is 0.633. The first-order valence-corrected chi connectivity index (χ1v) is 10.1. The maximum atomic E-state index is 12.7. The number of fused-ring (bicyclic) bond motifs is 1. The summed E-state index contributed by atoms with van der Waals surface area (Å²) >= 11 is 6.00. The molecule has 0 saturated carbocycles. The van der Waals surface area contributed by atoms with Gasteiger partial charge in [-0.2, -0.15) is 0 Å². The molecular formula is C18H20ClN3O4S. The molecule has 1 heterocycles. The highest BCUT2D eigenvalue weighted by Gasteiger charge is 2.20. The summed E-state index contributed by atoms with van der Waals surface area (Å²) in [5.74, 6) is 0.496. The van der Waals surface area contributed by atoms with E-state index < -0.39 is 10.0 Å². The van der Waals surface area contributed by atoms with E-state index in [0.717, 1.165) is 0 Å². The van der Waals surface area contributed by atoms with E-state index in [0.29, 0.717) is 27.4 Å². The minimum atomic E-state index is -3.75. The molecule has 0 amide bonds. The summed E-state index contributed by atoms with van der Waals surface area (Å²) in [5.41, 5.74) is 1.59. The van der Waals surface area contributed by atoms with E-state index in [9.17, 15) is 13.2 Å². The third-order valence-corrected chi connectivity index (χ3v) is 6.26. The number of nitrogens with zero attached hydrogens (tertiary/aromatic N) is 2. The Kier molecular flexibility index (Phi) is 5.32. The van der Waals surface area contributed by atoms with Crippen LogP contribution in [-0.2, 0) is 24.1 Å². The molecule has 3 aromatic rings. The number of hydrogen-bond donors (Lipinski definition) is 1. The van der Waals surface area contributed by atoms with E-state index in [1.54, 1.807) is 51.4 Å². The number of halogens is 1. The highest BCUT2D eigenvalue weighted by Crippen LogP contribution is 2.24. The molecule has 1 N–H and O–H groups in total. The summed E-state index contributed by atoms with van der Waals surface area (Å²) < 4.78 is 36.3. The highest BCUT2D eigenvalue weighted by atomic mass is 35.5. The van der Waals surface area contributed by atoms with Crippen molar-refractivity contribution in [2.24, 2.45) is 14.1 Å². The Morgan fingerprint density at radius 2 is 1.74 bits per heavy atom. The Hall–Kier alpha value is -2.29. The lowest BCUT2D eigenvalue weighted by molar-refractivity contribution is 0.323. The lowest BCUT2D eigenvalue weighted by Gasteiger charge is -2.11. The number of sulfonamides is 1. The van der Waals surface area contributed by atoms with Crippen LogP contribution in [0.25, 0.3) is 11.0 Å². The molecule has 144 valence electrons. The van der Waals surface area contributed by atoms with Crippen LogP contribution < -0.4 is 15.1 Å². The van der Waals surface area contributed by atoms with Gasteiger partial charge in [-0.05, 0) is 36.8 Å². The summed E-state index contributed by atoms with van der Waals surface area (Å²) in [5, 5.41) is 0.464. The highest BCUT2D eigenvalue weighted by molar-refractivity contribution is 7.89. The molecule has 0 unspecified atom stereocenters. The maximum absolute atomic E-state index is 12.7. The average molecular weight is 410 g/mol. The van der Waals surface area contributed by atoms with Gasteiger partial charge in [-0.1, -0.05) is 23.7 Å². The first-order valence-electron chi connectivity index (χ1n) is 8.25. The van der Waals surface area contributed by atoms with Crippen molar-refractivity contribution in [3.63, 3.8) is 0 Å². The number of nitrogens with one attached hydrogen (secondary N) is 1. The summed E-state index contributed by atoms with van der Waals surface area (Å²) in [6.45, 7) is 1.92. The Morgan fingerprint density at radius 3 is 2.41 bits per heavy atom. The lowest BCUT2D eigenvalue weighted by Crippen LogP contribution is -2.29. The number of rotatable bonds is 6. The van der Waals surface area contributed by atoms with Crippen LogP contribution in [0.5, 0.6) is 5.75 Å². The van der Waals surface area contributed by atoms with Crippen LogP contribution >= 0.6 is 11.6 Å². The Bertz CT molecular complexity index is 1170. The predicted octanol–water partition coefficient (Wildman–Crippen LogP) is 2.20. The number of imidazole rings is 1. The number of aromatic nitrogens is 2. The van der Waals surface area contributed by atoms with Gasteiger partial charge in [0.1, 0.15) is 12.4 Å². The van der Waals surface area contributed by atoms with Crippen LogP contribution in [0, 0.1) is 6.92 Å². The van der Waals surface area contributed by atoms with Gasteiger partial charge in [-0.25, -0.2) is 17.9 Å². The van der Waals surface area contributed by atoms with Crippen LogP contribution in [0.3, 0.4) is 0 Å². The molecule has 0 bridgehead atoms. The molecule has 7 nitrogen and oxygen atoms in total. The minimum absolute atomic E-state index is 0.0821. The van der Waals surface area contributed by atoms with Crippen LogP contribution in [0.15, 0.2) is 46.1 Å². The third kappa shape index (κ3) is 3.73. The monoisotopic (exact) mass is 409 g/mol. The van der Waals surface area contributed by atoms with Crippen molar-refractivity contribution in [3.05, 3.63) is 57.5 Å². The van der Waals surface area contributed by atoms with Crippen molar-refractivity contribution < 1.29 is 13.2 Å². The van der Waals surface area contributed by atoms with Crippen molar-refractivity contribution in [1.82, 2.24) is 13.9 Å². The molecule has 27 heavy (non-hydrogen) atoms. The molecule has 3 rings (SSSR count). The number of ether oxygens (including phenoxy) is 1. The second-order valence-electron chi connectivity index (χ2n) is 6.18. The fraction of sp³-hybridized carbons (Fsp3) is 0.278. The van der Waals surface area contributed by atoms with Gasteiger partial charge in [0.05, 0.1) is 21.0 Å². The molecule has 0 fully saturated rings. The van der Waals surface area contributed by atoms with E-state index in [-0.39, 0.29) is 23.7 Å². The Morgan fingerprint density at radius 1 is 1.11 bits per heavy atom. The number of para-hydroxylation sites is 1. The van der Waals surface area contributed by atoms with E-state index >= 15 is 0 Å². The Labute approximate surface area is 162 Å². The molecule has 9 heteroatoms. The summed E-state index contributed by atoms with van der Waals surface area (Å²) in [7, 11) is -0.487. The molecular weight excluding hydrogens is 390 g/mol. The number of benzene rings is 2. The molecule has 0 aliphatic carbocycles. The Balaban J connectivity index is 1.78. The largest absolute Gasteiger partial charge is 0.491 e. The van der Waals surface area contributed by atoms with Crippen molar-refractivity contribution in [3.8, 4) is 5.75 Å². The van der Waals surface area contributed by atoms with E-state index in [2.05, 4.69) is 4.72 Å². The van der Waals surface area contributed by atoms with Crippen LogP contribution in [-0.4, -0.2) is 30.7 Å². The SMILES string of the molecule is Cc1cc2c(cc1S(=O)(=O)NCCOc1ccccc1Cl)n(C)c(=O)n2C. The van der Waals surface area contributed by atoms with Crippen molar-refractivity contribution in [2.45, 2.75) is 11.8 Å². The van der Waals surface area contributed by atoms with Gasteiger partial charge < -0.3 is 4.74 Å². The molecule has 1 aromatic heterocycles. The van der Waals surface area contributed by atoms with Gasteiger partial charge in [-0.3, -0.25) is 9.13 Å². The van der Waals surface area contributed by atoms with Crippen LogP contribution in [0.1, 0.15) is 5.56 Å². The molecule has 0 aliphatic rings. The predicted molar refractivity (Wildman–Crippen MR) is 105 cm³/mol. The van der Waals surface area contributed by atoms with Gasteiger partial charge in [0.25, 0.3) is 0 Å². The second kappa shape index (κ2) is 7.38. The van der Waals surface area contributed by atoms with Crippen LogP contribution in [0.2, 0.25) is 5.02 Å². The average Bonchev–Trinajstić information content (AvgIpc) is 2.83. The second-order valence-corrected chi connectivity index (χ2v) is 8.33. The van der Waals surface area contributed by atoms with Crippen molar-refractivity contribution >= 4 is 32.7 Å². The van der Waals surface area contributed by atoms with Gasteiger partial charge in [0.2, 0.25) is 10.0 Å². The maximum Gasteiger partial charge on any atom is 0.328 e. The van der Waals surface area contributed by atoms with Gasteiger partial charge in [0.15, 0.2) is 0 Å². The number of hydrogen-bond acceptors (Lipinski definition) is 4. The first kappa shape index (κ1) is 19.5. The fourth-order valence-electron chi connectivity index (χ4n) is 2.90. The van der Waals surface area contributed by atoms with Gasteiger partial charge in [0, 0.05) is 20.6 Å². The lowest BCUT2D eigenvalue weighted by atomic mass is 10.2. The minimum Gasteiger partial charge on any atom is -0.491 e. The zero-order valence-corrected chi connectivity index (χ0v) is 16.8. The van der Waals surface area contributed by atoms with Crippen molar-refractivity contribution in [1.29, 1.82) is 0 Å². The normalized spacial score (nSPS) is 11.9. The summed E-state index contributed by atoms with van der Waals surface area (Å²) in [6, 6.07) is 10.2. The van der Waals surface area contributed by atoms with Gasteiger partial charge in [-0.15, -0.1) is 0 Å². The standard InChI is InChI=1S/C18H20ClN3O4S/c1-12-10-14-15(22(3)18(23)21(14)2)11-17(12)27(24,25)20-8-9-26-16-7-5-4-6-13(16)19/h4-7,10-11,20H,8-9H2,1-3H3. The van der Waals surface area contributed by atoms with Crippen LogP contribution in [0.4, 0.5) is 0 Å². The smallest absolute Gasteiger partial charge is 0.328 e. The zero-order chi connectivity index (χ0) is 19.8. The first-order chi connectivity index (χ1) is 12.7. The summed E-state index contributed by atoms with van der Waals surface area (Å²) in [4.78, 5) is 12.2. The molecule has 0 spiro atoms. The van der Waals surface area contributed by atoms with E-state index in [1.807, 2.05) is 0 Å². The van der Waals surface area contributed by atoms with Gasteiger partial charge >= 0.3 is 5.69 Å². The molecule has 0 saturated heterocycles. The van der Waals surface area contributed by atoms with E-state index in [1.165, 1.54) is 15.2 Å². The zero-order valence-electron chi connectivity index (χ0n) is 15.2. The molecule has 0 aliphatic heterocycles. The van der Waals surface area contributed by atoms with Crippen molar-refractivity contribution in [2.75, 3.05) is 13.2 Å². The number of aryl methyl sites for hydroxylation is 3.